The Morgan fingerprint density at radius 1 is 1.23 bits per heavy atom. The molecule has 2 aromatic carbocycles. The molecule has 0 spiro atoms. The molecule has 2 aliphatic heterocycles. The van der Waals surface area contributed by atoms with Gasteiger partial charge in [0, 0.05) is 71.7 Å². The van der Waals surface area contributed by atoms with Crippen molar-refractivity contribution in [2.45, 2.75) is 37.5 Å². The lowest BCUT2D eigenvalue weighted by molar-refractivity contribution is -0.0498. The van der Waals surface area contributed by atoms with Gasteiger partial charge in [-0.2, -0.15) is 20.5 Å². The van der Waals surface area contributed by atoms with Crippen molar-refractivity contribution in [2.24, 2.45) is 0 Å². The van der Waals surface area contributed by atoms with Gasteiger partial charge in [0.25, 0.3) is 0 Å². The van der Waals surface area contributed by atoms with E-state index in [1.165, 1.54) is 29.7 Å². The maximum Gasteiger partial charge on any atom is 0.387 e. The highest BCUT2D eigenvalue weighted by Gasteiger charge is 2.36. The fourth-order valence-corrected chi connectivity index (χ4v) is 4.72. The predicted molar refractivity (Wildman–Crippen MR) is 135 cm³/mol. The molecule has 10 heteroatoms. The summed E-state index contributed by atoms with van der Waals surface area (Å²) in [4.78, 5) is 11.2. The summed E-state index contributed by atoms with van der Waals surface area (Å²) in [5, 5.41) is 25.7. The van der Waals surface area contributed by atoms with Crippen LogP contribution in [0.25, 0.3) is 0 Å². The van der Waals surface area contributed by atoms with Crippen LogP contribution in [0.3, 0.4) is 0 Å². The number of carbonyl (C=O) groups excluding carboxylic acids is 1. The van der Waals surface area contributed by atoms with Crippen LogP contribution in [0.15, 0.2) is 42.5 Å². The molecule has 7 nitrogen and oxygen atoms in total. The van der Waals surface area contributed by atoms with Gasteiger partial charge in [0.2, 0.25) is 0 Å². The van der Waals surface area contributed by atoms with E-state index in [9.17, 15) is 18.7 Å². The topological polar surface area (TPSA) is 104 Å². The maximum absolute atomic E-state index is 12.4. The number of hydrogen-bond donors (Lipinski definition) is 4. The molecule has 190 valence electrons. The van der Waals surface area contributed by atoms with E-state index in [-0.39, 0.29) is 24.3 Å². The SMILES string of the molecule is CNC1(C)CSC1.N=C(c1cc(C=O)ccc1Nc1cccc(OC(F)F)c1)C1(O)CCOCC1. The fourth-order valence-electron chi connectivity index (χ4n) is 3.62. The van der Waals surface area contributed by atoms with Gasteiger partial charge in [-0.25, -0.2) is 0 Å². The van der Waals surface area contributed by atoms with Crippen molar-refractivity contribution < 1.29 is 28.2 Å². The molecule has 0 bridgehead atoms. The molecule has 2 fully saturated rings. The Labute approximate surface area is 208 Å². The molecule has 4 rings (SSSR count). The van der Waals surface area contributed by atoms with Gasteiger partial charge < -0.3 is 30.6 Å². The number of benzene rings is 2. The molecule has 0 aliphatic carbocycles. The van der Waals surface area contributed by atoms with Gasteiger partial charge in [0.15, 0.2) is 0 Å². The number of aliphatic hydroxyl groups is 1. The molecule has 2 aliphatic rings. The third kappa shape index (κ3) is 7.23. The quantitative estimate of drug-likeness (QED) is 0.309. The van der Waals surface area contributed by atoms with Crippen molar-refractivity contribution >= 4 is 35.1 Å². The van der Waals surface area contributed by atoms with Crippen molar-refractivity contribution in [3.63, 3.8) is 0 Å². The van der Waals surface area contributed by atoms with E-state index in [2.05, 4.69) is 22.3 Å². The van der Waals surface area contributed by atoms with Crippen LogP contribution in [0, 0.1) is 5.41 Å². The molecule has 0 atom stereocenters. The van der Waals surface area contributed by atoms with Crippen molar-refractivity contribution in [2.75, 3.05) is 37.1 Å². The van der Waals surface area contributed by atoms with Gasteiger partial charge in [-0.05, 0) is 44.3 Å². The first kappa shape index (κ1) is 27.1. The van der Waals surface area contributed by atoms with Crippen LogP contribution < -0.4 is 15.4 Å². The van der Waals surface area contributed by atoms with E-state index in [0.29, 0.717) is 47.5 Å². The maximum atomic E-state index is 12.4. The Balaban J connectivity index is 0.000000420. The number of anilines is 2. The lowest BCUT2D eigenvalue weighted by Gasteiger charge is -2.37. The molecule has 2 saturated heterocycles. The summed E-state index contributed by atoms with van der Waals surface area (Å²) in [6.07, 6.45) is 1.20. The molecular formula is C25H31F2N3O4S. The largest absolute Gasteiger partial charge is 0.435 e. The zero-order chi connectivity index (χ0) is 25.5. The lowest BCUT2D eigenvalue weighted by atomic mass is 9.84. The zero-order valence-corrected chi connectivity index (χ0v) is 20.6. The van der Waals surface area contributed by atoms with Crippen LogP contribution in [0.5, 0.6) is 5.75 Å². The van der Waals surface area contributed by atoms with Gasteiger partial charge in [0.05, 0.1) is 5.71 Å². The van der Waals surface area contributed by atoms with E-state index in [0.717, 1.165) is 0 Å². The van der Waals surface area contributed by atoms with Gasteiger partial charge in [-0.3, -0.25) is 4.79 Å². The molecular weight excluding hydrogens is 476 g/mol. The molecule has 0 unspecified atom stereocenters. The first-order valence-electron chi connectivity index (χ1n) is 11.3. The van der Waals surface area contributed by atoms with Crippen LogP contribution >= 0.6 is 11.8 Å². The standard InChI is InChI=1S/C20H20F2N2O4.C5H11NS/c21-19(22)28-15-3-1-2-14(11-15)24-17-5-4-13(12-25)10-16(17)18(23)20(26)6-8-27-9-7-20;1-5(6-2)3-7-4-5/h1-5,10-12,19,23-24,26H,6-9H2;6H,3-4H2,1-2H3. The van der Waals surface area contributed by atoms with Gasteiger partial charge in [0.1, 0.15) is 17.6 Å². The summed E-state index contributed by atoms with van der Waals surface area (Å²) >= 11 is 2.01. The van der Waals surface area contributed by atoms with Crippen molar-refractivity contribution in [1.29, 1.82) is 5.41 Å². The van der Waals surface area contributed by atoms with E-state index >= 15 is 0 Å². The van der Waals surface area contributed by atoms with Crippen LogP contribution in [-0.2, 0) is 4.74 Å². The Bertz CT molecular complexity index is 1020. The highest BCUT2D eigenvalue weighted by molar-refractivity contribution is 8.00. The van der Waals surface area contributed by atoms with Gasteiger partial charge in [-0.1, -0.05) is 6.07 Å². The zero-order valence-electron chi connectivity index (χ0n) is 19.8. The van der Waals surface area contributed by atoms with Crippen LogP contribution in [0.2, 0.25) is 0 Å². The normalized spacial score (nSPS) is 18.0. The summed E-state index contributed by atoms with van der Waals surface area (Å²) in [6.45, 7) is -0.0123. The fraction of sp³-hybridized carbons (Fsp3) is 0.440. The van der Waals surface area contributed by atoms with Crippen molar-refractivity contribution in [3.8, 4) is 5.75 Å². The number of nitrogens with one attached hydrogen (secondary N) is 3. The summed E-state index contributed by atoms with van der Waals surface area (Å²) in [5.74, 6) is 2.55. The summed E-state index contributed by atoms with van der Waals surface area (Å²) in [7, 11) is 2.03. The van der Waals surface area contributed by atoms with E-state index in [1.54, 1.807) is 24.3 Å². The number of ether oxygens (including phenoxy) is 2. The second-order valence-electron chi connectivity index (χ2n) is 8.78. The number of alkyl halides is 2. The first-order chi connectivity index (χ1) is 16.7. The highest BCUT2D eigenvalue weighted by Crippen LogP contribution is 2.31. The Hall–Kier alpha value is -2.53. The average Bonchev–Trinajstić information content (AvgIpc) is 2.83. The number of rotatable bonds is 8. The van der Waals surface area contributed by atoms with E-state index in [4.69, 9.17) is 10.1 Å². The van der Waals surface area contributed by atoms with Crippen LogP contribution in [0.1, 0.15) is 35.7 Å². The molecule has 0 aromatic heterocycles. The monoisotopic (exact) mass is 507 g/mol. The summed E-state index contributed by atoms with van der Waals surface area (Å²) < 4.78 is 34.5. The molecule has 0 saturated carbocycles. The number of hydrogen-bond acceptors (Lipinski definition) is 8. The Kier molecular flexibility index (Phi) is 9.23. The van der Waals surface area contributed by atoms with Crippen LogP contribution in [-0.4, -0.2) is 66.6 Å². The third-order valence-electron chi connectivity index (χ3n) is 6.02. The smallest absolute Gasteiger partial charge is 0.387 e. The average molecular weight is 508 g/mol. The molecule has 4 N–H and O–H groups in total. The summed E-state index contributed by atoms with van der Waals surface area (Å²) in [5.41, 5.74) is 0.725. The Morgan fingerprint density at radius 2 is 1.94 bits per heavy atom. The second kappa shape index (κ2) is 11.9. The van der Waals surface area contributed by atoms with Crippen molar-refractivity contribution in [1.82, 2.24) is 5.32 Å². The van der Waals surface area contributed by atoms with Crippen LogP contribution in [0.4, 0.5) is 20.2 Å². The highest BCUT2D eigenvalue weighted by atomic mass is 32.2. The second-order valence-corrected chi connectivity index (χ2v) is 9.76. The van der Waals surface area contributed by atoms with E-state index < -0.39 is 12.2 Å². The number of carbonyl (C=O) groups is 1. The minimum Gasteiger partial charge on any atom is -0.435 e. The van der Waals surface area contributed by atoms with Gasteiger partial charge in [-0.15, -0.1) is 0 Å². The first-order valence-corrected chi connectivity index (χ1v) is 12.4. The molecule has 0 amide bonds. The predicted octanol–water partition coefficient (Wildman–Crippen LogP) is 4.46. The third-order valence-corrected chi connectivity index (χ3v) is 7.70. The minimum absolute atomic E-state index is 0.0100. The summed E-state index contributed by atoms with van der Waals surface area (Å²) in [6, 6.07) is 10.7. The minimum atomic E-state index is -2.94. The number of halogens is 2. The van der Waals surface area contributed by atoms with Gasteiger partial charge >= 0.3 is 6.61 Å². The molecule has 2 heterocycles. The van der Waals surface area contributed by atoms with Crippen molar-refractivity contribution in [3.05, 3.63) is 53.6 Å². The number of thioether (sulfide) groups is 1. The lowest BCUT2D eigenvalue weighted by Crippen LogP contribution is -2.51. The molecule has 0 radical (unpaired) electrons. The number of aldehydes is 1. The Morgan fingerprint density at radius 3 is 2.49 bits per heavy atom. The van der Waals surface area contributed by atoms with E-state index in [1.807, 2.05) is 18.8 Å². The molecule has 35 heavy (non-hydrogen) atoms. The molecule has 2 aromatic rings.